The molecule has 5 nitrogen and oxygen atoms in total. The third-order valence-corrected chi connectivity index (χ3v) is 12.1. The fourth-order valence-electron chi connectivity index (χ4n) is 4.49. The number of alkyl halides is 1. The zero-order valence-electron chi connectivity index (χ0n) is 18.1. The molecule has 5 rings (SSSR count). The topological polar surface area (TPSA) is 50.8 Å². The second-order valence-electron chi connectivity index (χ2n) is 8.15. The van der Waals surface area contributed by atoms with Gasteiger partial charge < -0.3 is 19.7 Å². The number of nitrogens with one attached hydrogen (secondary N) is 1. The lowest BCUT2D eigenvalue weighted by atomic mass is 10.1. The largest absolute Gasteiger partial charge is 0.493 e. The number of rotatable bonds is 5. The molecular weight excluding hydrogens is 792 g/mol. The van der Waals surface area contributed by atoms with Gasteiger partial charge in [0.15, 0.2) is 11.5 Å². The van der Waals surface area contributed by atoms with Gasteiger partial charge in [0.2, 0.25) is 0 Å². The molecule has 2 heterocycles. The van der Waals surface area contributed by atoms with Gasteiger partial charge in [0.1, 0.15) is 6.61 Å². The number of amides is 1. The standard InChI is InChI=1S/C25H20ClI3N2O3/c1-33-20-8-17-18(30-11-16-7-13-4-2-3-5-19(13)31(16)25(17)32)9-21(20)34-12-15-6-14(10-26)22(27)24(29)23(15)28/h2-6,8-9,16,30H,7,10-12H2,1H3/t16-/m0/s1. The fourth-order valence-corrected chi connectivity index (χ4v) is 7.33. The predicted octanol–water partition coefficient (Wildman–Crippen LogP) is 6.82. The minimum Gasteiger partial charge on any atom is -0.493 e. The lowest BCUT2D eigenvalue weighted by Gasteiger charge is -2.22. The number of anilines is 2. The lowest BCUT2D eigenvalue weighted by Crippen LogP contribution is -2.39. The molecule has 0 spiro atoms. The van der Waals surface area contributed by atoms with Crippen molar-refractivity contribution in [2.45, 2.75) is 24.9 Å². The van der Waals surface area contributed by atoms with Gasteiger partial charge in [-0.15, -0.1) is 11.6 Å². The van der Waals surface area contributed by atoms with Crippen molar-refractivity contribution in [3.8, 4) is 11.5 Å². The van der Waals surface area contributed by atoms with Crippen LogP contribution >= 0.6 is 79.4 Å². The van der Waals surface area contributed by atoms with Gasteiger partial charge in [0.25, 0.3) is 5.91 Å². The van der Waals surface area contributed by atoms with Crippen molar-refractivity contribution in [3.05, 3.63) is 75.4 Å². The van der Waals surface area contributed by atoms with E-state index >= 15 is 0 Å². The second-order valence-corrected chi connectivity index (χ2v) is 11.7. The average molecular weight is 813 g/mol. The Morgan fingerprint density at radius 2 is 1.82 bits per heavy atom. The van der Waals surface area contributed by atoms with E-state index in [4.69, 9.17) is 21.1 Å². The van der Waals surface area contributed by atoms with Crippen LogP contribution in [0.4, 0.5) is 11.4 Å². The Morgan fingerprint density at radius 3 is 2.59 bits per heavy atom. The average Bonchev–Trinajstić information content (AvgIpc) is 3.17. The van der Waals surface area contributed by atoms with Crippen LogP contribution in [0.25, 0.3) is 0 Å². The van der Waals surface area contributed by atoms with Gasteiger partial charge in [0, 0.05) is 40.5 Å². The van der Waals surface area contributed by atoms with E-state index in [1.165, 1.54) is 12.7 Å². The molecule has 3 aromatic carbocycles. The molecule has 0 aliphatic carbocycles. The summed E-state index contributed by atoms with van der Waals surface area (Å²) in [6.45, 7) is 1.05. The first-order valence-electron chi connectivity index (χ1n) is 10.6. The zero-order valence-corrected chi connectivity index (χ0v) is 25.4. The van der Waals surface area contributed by atoms with Crippen molar-refractivity contribution >= 4 is 96.7 Å². The van der Waals surface area contributed by atoms with Crippen molar-refractivity contribution in [1.29, 1.82) is 0 Å². The first-order valence-corrected chi connectivity index (χ1v) is 14.4. The number of halogens is 4. The summed E-state index contributed by atoms with van der Waals surface area (Å²) >= 11 is 13.2. The number of benzene rings is 3. The third kappa shape index (κ3) is 4.36. The number of carbonyl (C=O) groups is 1. The molecule has 1 N–H and O–H groups in total. The molecule has 0 saturated carbocycles. The van der Waals surface area contributed by atoms with Crippen molar-refractivity contribution in [1.82, 2.24) is 0 Å². The molecular formula is C25H20ClI3N2O3. The molecule has 1 amide bonds. The van der Waals surface area contributed by atoms with E-state index in [0.717, 1.165) is 32.5 Å². The van der Waals surface area contributed by atoms with Crippen molar-refractivity contribution in [2.24, 2.45) is 0 Å². The predicted molar refractivity (Wildman–Crippen MR) is 161 cm³/mol. The van der Waals surface area contributed by atoms with E-state index < -0.39 is 0 Å². The van der Waals surface area contributed by atoms with Gasteiger partial charge in [-0.1, -0.05) is 18.2 Å². The van der Waals surface area contributed by atoms with Crippen LogP contribution in [0, 0.1) is 10.7 Å². The molecule has 2 aliphatic rings. The molecule has 2 aliphatic heterocycles. The molecule has 0 radical (unpaired) electrons. The van der Waals surface area contributed by atoms with Crippen molar-refractivity contribution < 1.29 is 14.3 Å². The highest BCUT2D eigenvalue weighted by molar-refractivity contribution is 14.1. The van der Waals surface area contributed by atoms with Crippen LogP contribution in [-0.2, 0) is 18.9 Å². The van der Waals surface area contributed by atoms with Crippen molar-refractivity contribution in [3.63, 3.8) is 0 Å². The van der Waals surface area contributed by atoms with Crippen LogP contribution < -0.4 is 19.7 Å². The van der Waals surface area contributed by atoms with Crippen LogP contribution in [0.3, 0.4) is 0 Å². The first kappa shape index (κ1) is 24.7. The highest BCUT2D eigenvalue weighted by atomic mass is 127. The van der Waals surface area contributed by atoms with Gasteiger partial charge in [0.05, 0.1) is 24.4 Å². The molecule has 1 atom stereocenters. The number of hydrogen-bond acceptors (Lipinski definition) is 4. The number of fused-ring (bicyclic) bond motifs is 4. The summed E-state index contributed by atoms with van der Waals surface area (Å²) in [6.07, 6.45) is 0.843. The maximum absolute atomic E-state index is 13.6. The van der Waals surface area contributed by atoms with Crippen LogP contribution in [0.1, 0.15) is 27.0 Å². The number of hydrogen-bond donors (Lipinski definition) is 1. The highest BCUT2D eigenvalue weighted by Crippen LogP contribution is 2.41. The molecule has 34 heavy (non-hydrogen) atoms. The first-order chi connectivity index (χ1) is 16.4. The summed E-state index contributed by atoms with van der Waals surface area (Å²) in [5.74, 6) is 1.56. The van der Waals surface area contributed by atoms with E-state index in [9.17, 15) is 4.79 Å². The van der Waals surface area contributed by atoms with E-state index in [1.54, 1.807) is 13.2 Å². The van der Waals surface area contributed by atoms with Gasteiger partial charge in [-0.3, -0.25) is 4.79 Å². The Hall–Kier alpha value is -0.990. The number of ether oxygens (including phenoxy) is 2. The minimum absolute atomic E-state index is 0.0201. The van der Waals surface area contributed by atoms with Crippen LogP contribution in [0.2, 0.25) is 0 Å². The maximum Gasteiger partial charge on any atom is 0.260 e. The van der Waals surface area contributed by atoms with Crippen LogP contribution in [0.5, 0.6) is 11.5 Å². The van der Waals surface area contributed by atoms with E-state index in [-0.39, 0.29) is 11.9 Å². The zero-order chi connectivity index (χ0) is 24.0. The summed E-state index contributed by atoms with van der Waals surface area (Å²) in [4.78, 5) is 15.5. The number of para-hydroxylation sites is 1. The molecule has 9 heteroatoms. The quantitative estimate of drug-likeness (QED) is 0.175. The second kappa shape index (κ2) is 10.2. The SMILES string of the molecule is COc1cc2c(cc1OCc1cc(CCl)c(I)c(I)c1I)NC[C@@H]1Cc3ccccc3N1C2=O. The fraction of sp³-hybridized carbons (Fsp3) is 0.240. The molecule has 0 fully saturated rings. The lowest BCUT2D eigenvalue weighted by molar-refractivity contribution is 0.0983. The Kier molecular flexibility index (Phi) is 7.39. The summed E-state index contributed by atoms with van der Waals surface area (Å²) in [5, 5.41) is 3.48. The normalized spacial score (nSPS) is 16.3. The maximum atomic E-state index is 13.6. The van der Waals surface area contributed by atoms with Crippen molar-refractivity contribution in [2.75, 3.05) is 23.9 Å². The third-order valence-electron chi connectivity index (χ3n) is 6.18. The molecule has 0 aromatic heterocycles. The highest BCUT2D eigenvalue weighted by Gasteiger charge is 2.37. The Balaban J connectivity index is 1.47. The summed E-state index contributed by atoms with van der Waals surface area (Å²) < 4.78 is 15.4. The Morgan fingerprint density at radius 1 is 1.06 bits per heavy atom. The number of nitrogens with zero attached hydrogens (tertiary/aromatic N) is 1. The van der Waals surface area contributed by atoms with E-state index in [0.29, 0.717) is 36.1 Å². The minimum atomic E-state index is -0.0201. The number of methoxy groups -OCH3 is 1. The van der Waals surface area contributed by atoms with E-state index in [1.807, 2.05) is 29.2 Å². The monoisotopic (exact) mass is 812 g/mol. The van der Waals surface area contributed by atoms with Gasteiger partial charge in [-0.2, -0.15) is 0 Å². The van der Waals surface area contributed by atoms with Crippen LogP contribution in [-0.4, -0.2) is 25.6 Å². The molecule has 0 unspecified atom stereocenters. The molecule has 3 aromatic rings. The molecule has 0 bridgehead atoms. The van der Waals surface area contributed by atoms with E-state index in [2.05, 4.69) is 85.2 Å². The summed E-state index contributed by atoms with van der Waals surface area (Å²) in [6, 6.07) is 14.0. The molecule has 0 saturated heterocycles. The van der Waals surface area contributed by atoms with Crippen LogP contribution in [0.15, 0.2) is 42.5 Å². The Bertz CT molecular complexity index is 1300. The molecule has 176 valence electrons. The summed E-state index contributed by atoms with van der Waals surface area (Å²) in [7, 11) is 1.60. The Labute approximate surface area is 244 Å². The smallest absolute Gasteiger partial charge is 0.260 e. The summed E-state index contributed by atoms with van der Waals surface area (Å²) in [5.41, 5.74) is 5.71. The number of carbonyl (C=O) groups excluding carboxylic acids is 1. The van der Waals surface area contributed by atoms with Gasteiger partial charge in [-0.25, -0.2) is 0 Å². The van der Waals surface area contributed by atoms with Gasteiger partial charge >= 0.3 is 0 Å². The van der Waals surface area contributed by atoms with Gasteiger partial charge in [-0.05, 0) is 104 Å².